The summed E-state index contributed by atoms with van der Waals surface area (Å²) in [6, 6.07) is 9.46. The van der Waals surface area contributed by atoms with Crippen molar-refractivity contribution < 1.29 is 9.53 Å². The van der Waals surface area contributed by atoms with Crippen molar-refractivity contribution in [2.24, 2.45) is 5.92 Å². The molecule has 2 fully saturated rings. The van der Waals surface area contributed by atoms with Crippen molar-refractivity contribution in [2.75, 3.05) is 53.5 Å². The maximum atomic E-state index is 12.2. The van der Waals surface area contributed by atoms with E-state index in [1.54, 1.807) is 12.0 Å². The molecular formula is C22H35N3O2. The minimum Gasteiger partial charge on any atom is -0.383 e. The maximum Gasteiger partial charge on any atom is 0.226 e. The molecule has 5 nitrogen and oxygen atoms in total. The van der Waals surface area contributed by atoms with E-state index < -0.39 is 0 Å². The molecule has 2 aliphatic rings. The third kappa shape index (κ3) is 6.03. The van der Waals surface area contributed by atoms with Crippen LogP contribution in [-0.4, -0.2) is 75.2 Å². The third-order valence-corrected chi connectivity index (χ3v) is 6.10. The Morgan fingerprint density at radius 1 is 1.19 bits per heavy atom. The summed E-state index contributed by atoms with van der Waals surface area (Å²) in [6.07, 6.45) is 5.54. The fourth-order valence-corrected chi connectivity index (χ4v) is 4.32. The van der Waals surface area contributed by atoms with Gasteiger partial charge in [0.1, 0.15) is 0 Å². The van der Waals surface area contributed by atoms with Crippen molar-refractivity contribution in [1.29, 1.82) is 0 Å². The summed E-state index contributed by atoms with van der Waals surface area (Å²) in [4.78, 5) is 16.7. The molecule has 0 aromatic heterocycles. The molecule has 3 rings (SSSR count). The highest BCUT2D eigenvalue weighted by Crippen LogP contribution is 2.25. The minimum atomic E-state index is 0.146. The number of piperidine rings is 1. The summed E-state index contributed by atoms with van der Waals surface area (Å²) in [6.45, 7) is 6.07. The molecule has 27 heavy (non-hydrogen) atoms. The molecule has 150 valence electrons. The van der Waals surface area contributed by atoms with Gasteiger partial charge in [0.15, 0.2) is 0 Å². The molecular weight excluding hydrogens is 338 g/mol. The van der Waals surface area contributed by atoms with E-state index in [1.807, 2.05) is 7.05 Å². The van der Waals surface area contributed by atoms with Gasteiger partial charge in [-0.3, -0.25) is 9.69 Å². The van der Waals surface area contributed by atoms with Crippen LogP contribution in [0.3, 0.4) is 0 Å². The maximum absolute atomic E-state index is 12.2. The van der Waals surface area contributed by atoms with E-state index in [2.05, 4.69) is 34.5 Å². The number of hydrogen-bond acceptors (Lipinski definition) is 4. The van der Waals surface area contributed by atoms with Crippen molar-refractivity contribution >= 4 is 5.91 Å². The van der Waals surface area contributed by atoms with E-state index >= 15 is 0 Å². The van der Waals surface area contributed by atoms with Crippen LogP contribution in [0.5, 0.6) is 0 Å². The Morgan fingerprint density at radius 2 is 1.89 bits per heavy atom. The van der Waals surface area contributed by atoms with Gasteiger partial charge in [0, 0.05) is 33.3 Å². The van der Waals surface area contributed by atoms with E-state index in [0.29, 0.717) is 19.6 Å². The van der Waals surface area contributed by atoms with Gasteiger partial charge in [-0.25, -0.2) is 0 Å². The number of methoxy groups -OCH3 is 1. The quantitative estimate of drug-likeness (QED) is 0.757. The Labute approximate surface area is 164 Å². The monoisotopic (exact) mass is 373 g/mol. The topological polar surface area (TPSA) is 44.8 Å². The van der Waals surface area contributed by atoms with Crippen molar-refractivity contribution in [1.82, 2.24) is 15.1 Å². The van der Waals surface area contributed by atoms with E-state index in [1.165, 1.54) is 51.0 Å². The molecule has 0 aliphatic carbocycles. The van der Waals surface area contributed by atoms with Gasteiger partial charge >= 0.3 is 0 Å². The van der Waals surface area contributed by atoms with Gasteiger partial charge < -0.3 is 15.0 Å². The Balaban J connectivity index is 1.44. The van der Waals surface area contributed by atoms with E-state index in [-0.39, 0.29) is 5.91 Å². The van der Waals surface area contributed by atoms with Gasteiger partial charge in [-0.05, 0) is 62.4 Å². The molecule has 0 radical (unpaired) electrons. The van der Waals surface area contributed by atoms with E-state index in [4.69, 9.17) is 4.74 Å². The number of carbonyl (C=O) groups is 1. The Hall–Kier alpha value is -1.43. The van der Waals surface area contributed by atoms with Crippen LogP contribution >= 0.6 is 0 Å². The van der Waals surface area contributed by atoms with Gasteiger partial charge in [-0.1, -0.05) is 24.3 Å². The fourth-order valence-electron chi connectivity index (χ4n) is 4.32. The van der Waals surface area contributed by atoms with Crippen LogP contribution in [0.25, 0.3) is 0 Å². The highest BCUT2D eigenvalue weighted by atomic mass is 16.5. The second-order valence-electron chi connectivity index (χ2n) is 8.14. The molecule has 1 unspecified atom stereocenters. The van der Waals surface area contributed by atoms with Gasteiger partial charge in [-0.15, -0.1) is 0 Å². The largest absolute Gasteiger partial charge is 0.383 e. The summed E-state index contributed by atoms with van der Waals surface area (Å²) in [5, 5.41) is 3.46. The standard InChI is InChI=1S/C22H35N3O2/c1-24(13-14-27-2)22(26)16-19-5-3-18(4-6-19)15-20-9-12-25(17-20)21-7-10-23-11-8-21/h3-6,20-21,23H,7-17H2,1-2H3. The van der Waals surface area contributed by atoms with E-state index in [0.717, 1.165) is 23.9 Å². The number of nitrogens with one attached hydrogen (secondary N) is 1. The zero-order valence-electron chi connectivity index (χ0n) is 17.0. The van der Waals surface area contributed by atoms with Gasteiger partial charge in [0.2, 0.25) is 5.91 Å². The lowest BCUT2D eigenvalue weighted by Gasteiger charge is -2.31. The molecule has 1 atom stereocenters. The van der Waals surface area contributed by atoms with Crippen molar-refractivity contribution in [2.45, 2.75) is 38.1 Å². The summed E-state index contributed by atoms with van der Waals surface area (Å²) in [7, 11) is 3.50. The number of likely N-dealkylation sites (tertiary alicyclic amines) is 1. The van der Waals surface area contributed by atoms with Crippen molar-refractivity contribution in [3.8, 4) is 0 Å². The number of hydrogen-bond donors (Lipinski definition) is 1. The first-order valence-electron chi connectivity index (χ1n) is 10.4. The molecule has 0 bridgehead atoms. The number of likely N-dealkylation sites (N-methyl/N-ethyl adjacent to an activating group) is 1. The Morgan fingerprint density at radius 3 is 2.59 bits per heavy atom. The Bertz CT molecular complexity index is 584. The lowest BCUT2D eigenvalue weighted by Crippen LogP contribution is -2.42. The molecule has 2 aliphatic heterocycles. The van der Waals surface area contributed by atoms with Crippen LogP contribution in [-0.2, 0) is 22.4 Å². The smallest absolute Gasteiger partial charge is 0.226 e. The van der Waals surface area contributed by atoms with Crippen LogP contribution in [0.1, 0.15) is 30.4 Å². The first kappa shape index (κ1) is 20.3. The summed E-state index contributed by atoms with van der Waals surface area (Å²) < 4.78 is 5.04. The number of ether oxygens (including phenoxy) is 1. The van der Waals surface area contributed by atoms with Gasteiger partial charge in [0.25, 0.3) is 0 Å². The SMILES string of the molecule is COCCN(C)C(=O)Cc1ccc(CC2CCN(C3CCNCC3)C2)cc1. The number of carbonyl (C=O) groups excluding carboxylic acids is 1. The molecule has 0 saturated carbocycles. The molecule has 2 heterocycles. The van der Waals surface area contributed by atoms with Crippen molar-refractivity contribution in [3.05, 3.63) is 35.4 Å². The number of benzene rings is 1. The second kappa shape index (κ2) is 10.2. The van der Waals surface area contributed by atoms with Crippen LogP contribution in [0.2, 0.25) is 0 Å². The molecule has 0 spiro atoms. The lowest BCUT2D eigenvalue weighted by atomic mass is 9.97. The predicted molar refractivity (Wildman–Crippen MR) is 109 cm³/mol. The molecule has 5 heteroatoms. The molecule has 1 aromatic carbocycles. The summed E-state index contributed by atoms with van der Waals surface area (Å²) in [5.74, 6) is 0.917. The molecule has 1 aromatic rings. The predicted octanol–water partition coefficient (Wildman–Crippen LogP) is 1.95. The first-order valence-corrected chi connectivity index (χ1v) is 10.4. The van der Waals surface area contributed by atoms with Crippen LogP contribution in [0.15, 0.2) is 24.3 Å². The second-order valence-corrected chi connectivity index (χ2v) is 8.14. The fraction of sp³-hybridized carbons (Fsp3) is 0.682. The van der Waals surface area contributed by atoms with E-state index in [9.17, 15) is 4.79 Å². The number of amides is 1. The normalized spacial score (nSPS) is 21.5. The average molecular weight is 374 g/mol. The van der Waals surface area contributed by atoms with Crippen LogP contribution < -0.4 is 5.32 Å². The van der Waals surface area contributed by atoms with Crippen LogP contribution in [0, 0.1) is 5.92 Å². The van der Waals surface area contributed by atoms with Crippen molar-refractivity contribution in [3.63, 3.8) is 0 Å². The van der Waals surface area contributed by atoms with Gasteiger partial charge in [0.05, 0.1) is 13.0 Å². The molecule has 1 N–H and O–H groups in total. The Kier molecular flexibility index (Phi) is 7.68. The average Bonchev–Trinajstić information content (AvgIpc) is 3.16. The highest BCUT2D eigenvalue weighted by Gasteiger charge is 2.28. The van der Waals surface area contributed by atoms with Crippen LogP contribution in [0.4, 0.5) is 0 Å². The molecule has 2 saturated heterocycles. The number of rotatable bonds is 8. The third-order valence-electron chi connectivity index (χ3n) is 6.10. The minimum absolute atomic E-state index is 0.146. The summed E-state index contributed by atoms with van der Waals surface area (Å²) in [5.41, 5.74) is 2.49. The zero-order chi connectivity index (χ0) is 19.1. The molecule has 1 amide bonds. The zero-order valence-corrected chi connectivity index (χ0v) is 17.0. The summed E-state index contributed by atoms with van der Waals surface area (Å²) >= 11 is 0. The first-order chi connectivity index (χ1) is 13.2. The number of nitrogens with zero attached hydrogens (tertiary/aromatic N) is 2. The lowest BCUT2D eigenvalue weighted by molar-refractivity contribution is -0.129. The van der Waals surface area contributed by atoms with Gasteiger partial charge in [-0.2, -0.15) is 0 Å². The highest BCUT2D eigenvalue weighted by molar-refractivity contribution is 5.78.